The van der Waals surface area contributed by atoms with Crippen molar-refractivity contribution in [3.05, 3.63) is 35.9 Å². The van der Waals surface area contributed by atoms with Gasteiger partial charge in [0.1, 0.15) is 0 Å². The second-order valence-corrected chi connectivity index (χ2v) is 5.83. The molecule has 2 atom stereocenters. The van der Waals surface area contributed by atoms with Crippen LogP contribution in [0.3, 0.4) is 0 Å². The van der Waals surface area contributed by atoms with Crippen LogP contribution in [-0.4, -0.2) is 29.9 Å². The lowest BCUT2D eigenvalue weighted by atomic mass is 10.0. The highest BCUT2D eigenvalue weighted by Gasteiger charge is 2.24. The number of carbonyl (C=O) groups is 1. The molecule has 1 heterocycles. The number of carbonyl (C=O) groups excluding carboxylic acids is 1. The van der Waals surface area contributed by atoms with Crippen molar-refractivity contribution < 1.29 is 4.79 Å². The molecule has 1 fully saturated rings. The van der Waals surface area contributed by atoms with Crippen LogP contribution in [0.5, 0.6) is 0 Å². The summed E-state index contributed by atoms with van der Waals surface area (Å²) in [6.07, 6.45) is 2.82. The first-order valence-corrected chi connectivity index (χ1v) is 7.74. The fraction of sp³-hybridized carbons (Fsp3) is 0.588. The number of rotatable bonds is 6. The maximum Gasteiger partial charge on any atom is 0.223 e. The van der Waals surface area contributed by atoms with Gasteiger partial charge in [-0.1, -0.05) is 37.3 Å². The van der Waals surface area contributed by atoms with E-state index in [-0.39, 0.29) is 12.4 Å². The Morgan fingerprint density at radius 3 is 2.67 bits per heavy atom. The zero-order chi connectivity index (χ0) is 14.4. The Labute approximate surface area is 134 Å². The highest BCUT2D eigenvalue weighted by Crippen LogP contribution is 2.18. The molecule has 0 saturated carbocycles. The molecule has 118 valence electrons. The summed E-state index contributed by atoms with van der Waals surface area (Å²) in [4.78, 5) is 14.7. The van der Waals surface area contributed by atoms with Gasteiger partial charge in [0.15, 0.2) is 0 Å². The SMILES string of the molecule is CCC(C)N(Cc1ccccc1)C(=O)CC1CCNC1.Cl. The Morgan fingerprint density at radius 1 is 1.38 bits per heavy atom. The molecule has 4 heteroatoms. The molecule has 1 saturated heterocycles. The fourth-order valence-electron chi connectivity index (χ4n) is 2.74. The van der Waals surface area contributed by atoms with Crippen LogP contribution in [0.4, 0.5) is 0 Å². The van der Waals surface area contributed by atoms with Crippen LogP contribution in [0.1, 0.15) is 38.7 Å². The van der Waals surface area contributed by atoms with Crippen LogP contribution in [0.15, 0.2) is 30.3 Å². The summed E-state index contributed by atoms with van der Waals surface area (Å²) in [6, 6.07) is 10.6. The number of amides is 1. The highest BCUT2D eigenvalue weighted by molar-refractivity contribution is 5.85. The predicted molar refractivity (Wildman–Crippen MR) is 89.6 cm³/mol. The van der Waals surface area contributed by atoms with Gasteiger partial charge in [0, 0.05) is 19.0 Å². The summed E-state index contributed by atoms with van der Waals surface area (Å²) in [6.45, 7) is 7.07. The molecule has 1 aliphatic heterocycles. The zero-order valence-electron chi connectivity index (χ0n) is 13.0. The van der Waals surface area contributed by atoms with E-state index in [1.807, 2.05) is 23.1 Å². The molecule has 1 aliphatic rings. The second kappa shape index (κ2) is 9.06. The van der Waals surface area contributed by atoms with Gasteiger partial charge in [-0.05, 0) is 44.3 Å². The molecule has 0 spiro atoms. The predicted octanol–water partition coefficient (Wildman–Crippen LogP) is 3.24. The van der Waals surface area contributed by atoms with E-state index in [2.05, 4.69) is 31.3 Å². The van der Waals surface area contributed by atoms with Crippen LogP contribution in [0.25, 0.3) is 0 Å². The lowest BCUT2D eigenvalue weighted by Gasteiger charge is -2.30. The quantitative estimate of drug-likeness (QED) is 0.875. The minimum atomic E-state index is 0. The van der Waals surface area contributed by atoms with E-state index in [1.165, 1.54) is 5.56 Å². The molecule has 0 aromatic heterocycles. The molecule has 1 aromatic rings. The van der Waals surface area contributed by atoms with Gasteiger partial charge in [-0.15, -0.1) is 12.4 Å². The Morgan fingerprint density at radius 2 is 2.10 bits per heavy atom. The molecular weight excluding hydrogens is 284 g/mol. The van der Waals surface area contributed by atoms with Crippen LogP contribution >= 0.6 is 12.4 Å². The van der Waals surface area contributed by atoms with E-state index < -0.39 is 0 Å². The molecule has 3 nitrogen and oxygen atoms in total. The minimum Gasteiger partial charge on any atom is -0.336 e. The minimum absolute atomic E-state index is 0. The van der Waals surface area contributed by atoms with Gasteiger partial charge in [-0.25, -0.2) is 0 Å². The van der Waals surface area contributed by atoms with Crippen molar-refractivity contribution in [2.75, 3.05) is 13.1 Å². The molecule has 0 bridgehead atoms. The van der Waals surface area contributed by atoms with Crippen molar-refractivity contribution in [1.82, 2.24) is 10.2 Å². The molecule has 21 heavy (non-hydrogen) atoms. The maximum absolute atomic E-state index is 12.6. The topological polar surface area (TPSA) is 32.3 Å². The molecule has 2 unspecified atom stereocenters. The molecule has 1 aromatic carbocycles. The fourth-order valence-corrected chi connectivity index (χ4v) is 2.74. The third-order valence-corrected chi connectivity index (χ3v) is 4.26. The van der Waals surface area contributed by atoms with Crippen molar-refractivity contribution in [3.8, 4) is 0 Å². The van der Waals surface area contributed by atoms with Gasteiger partial charge in [-0.3, -0.25) is 4.79 Å². The number of halogens is 1. The van der Waals surface area contributed by atoms with Crippen molar-refractivity contribution in [2.24, 2.45) is 5.92 Å². The van der Waals surface area contributed by atoms with E-state index >= 15 is 0 Å². The van der Waals surface area contributed by atoms with Crippen molar-refractivity contribution in [3.63, 3.8) is 0 Å². The first kappa shape index (κ1) is 18.0. The second-order valence-electron chi connectivity index (χ2n) is 5.83. The van der Waals surface area contributed by atoms with Gasteiger partial charge in [-0.2, -0.15) is 0 Å². The number of benzene rings is 1. The van der Waals surface area contributed by atoms with Gasteiger partial charge < -0.3 is 10.2 Å². The summed E-state index contributed by atoms with van der Waals surface area (Å²) in [5.74, 6) is 0.821. The Hall–Kier alpha value is -1.06. The standard InChI is InChI=1S/C17H26N2O.ClH/c1-3-14(2)19(13-15-7-5-4-6-8-15)17(20)11-16-9-10-18-12-16;/h4-8,14,16,18H,3,9-13H2,1-2H3;1H. The molecule has 0 aliphatic carbocycles. The maximum atomic E-state index is 12.6. The third kappa shape index (κ3) is 5.33. The van der Waals surface area contributed by atoms with Crippen molar-refractivity contribution in [2.45, 2.75) is 45.7 Å². The first-order valence-electron chi connectivity index (χ1n) is 7.74. The molecule has 0 radical (unpaired) electrons. The van der Waals surface area contributed by atoms with Gasteiger partial charge >= 0.3 is 0 Å². The Kier molecular flexibility index (Phi) is 7.76. The van der Waals surface area contributed by atoms with Crippen LogP contribution in [0.2, 0.25) is 0 Å². The van der Waals surface area contributed by atoms with Crippen LogP contribution < -0.4 is 5.32 Å². The molecule has 2 rings (SSSR count). The van der Waals surface area contributed by atoms with E-state index in [9.17, 15) is 4.79 Å². The van der Waals surface area contributed by atoms with Crippen molar-refractivity contribution in [1.29, 1.82) is 0 Å². The van der Waals surface area contributed by atoms with Crippen molar-refractivity contribution >= 4 is 18.3 Å². The van der Waals surface area contributed by atoms with E-state index in [4.69, 9.17) is 0 Å². The Bertz CT molecular complexity index is 418. The van der Waals surface area contributed by atoms with E-state index in [0.717, 1.165) is 32.5 Å². The smallest absolute Gasteiger partial charge is 0.223 e. The van der Waals surface area contributed by atoms with E-state index in [0.29, 0.717) is 24.3 Å². The number of nitrogens with one attached hydrogen (secondary N) is 1. The Balaban J connectivity index is 0.00000220. The van der Waals surface area contributed by atoms with Gasteiger partial charge in [0.2, 0.25) is 5.91 Å². The summed E-state index contributed by atoms with van der Waals surface area (Å²) in [5.41, 5.74) is 1.21. The van der Waals surface area contributed by atoms with Crippen LogP contribution in [-0.2, 0) is 11.3 Å². The monoisotopic (exact) mass is 310 g/mol. The summed E-state index contributed by atoms with van der Waals surface area (Å²) in [7, 11) is 0. The highest BCUT2D eigenvalue weighted by atomic mass is 35.5. The summed E-state index contributed by atoms with van der Waals surface area (Å²) in [5, 5.41) is 3.34. The lowest BCUT2D eigenvalue weighted by Crippen LogP contribution is -2.38. The lowest BCUT2D eigenvalue weighted by molar-refractivity contribution is -0.134. The number of hydrogen-bond acceptors (Lipinski definition) is 2. The average Bonchev–Trinajstić information content (AvgIpc) is 2.98. The number of hydrogen-bond donors (Lipinski definition) is 1. The van der Waals surface area contributed by atoms with Crippen LogP contribution in [0, 0.1) is 5.92 Å². The molecule has 1 amide bonds. The average molecular weight is 311 g/mol. The van der Waals surface area contributed by atoms with E-state index in [1.54, 1.807) is 0 Å². The first-order chi connectivity index (χ1) is 9.70. The summed E-state index contributed by atoms with van der Waals surface area (Å²) < 4.78 is 0. The van der Waals surface area contributed by atoms with Gasteiger partial charge in [0.25, 0.3) is 0 Å². The zero-order valence-corrected chi connectivity index (χ0v) is 13.9. The normalized spacial score (nSPS) is 18.9. The number of nitrogens with zero attached hydrogens (tertiary/aromatic N) is 1. The summed E-state index contributed by atoms with van der Waals surface area (Å²) >= 11 is 0. The van der Waals surface area contributed by atoms with Gasteiger partial charge in [0.05, 0.1) is 0 Å². The third-order valence-electron chi connectivity index (χ3n) is 4.26. The molecule has 1 N–H and O–H groups in total. The molecular formula is C17H27ClN2O. The largest absolute Gasteiger partial charge is 0.336 e.